The maximum atomic E-state index is 12.7. The van der Waals surface area contributed by atoms with E-state index in [0.29, 0.717) is 0 Å². The summed E-state index contributed by atoms with van der Waals surface area (Å²) >= 11 is 0. The minimum atomic E-state index is -3.04. The molecule has 0 saturated carbocycles. The largest absolute Gasteiger partial charge is 0.344 e. The van der Waals surface area contributed by atoms with Crippen LogP contribution in [0.4, 0.5) is 0 Å². The van der Waals surface area contributed by atoms with Crippen molar-refractivity contribution in [2.45, 2.75) is 26.3 Å². The third-order valence-corrected chi connectivity index (χ3v) is 5.72. The number of carbonyl (C=O) groups is 2. The van der Waals surface area contributed by atoms with Crippen molar-refractivity contribution in [2.75, 3.05) is 24.6 Å². The van der Waals surface area contributed by atoms with Gasteiger partial charge in [-0.3, -0.25) is 9.59 Å². The molecule has 0 spiro atoms. The van der Waals surface area contributed by atoms with Crippen LogP contribution in [0.2, 0.25) is 0 Å². The lowest BCUT2D eigenvalue weighted by Crippen LogP contribution is -2.54. The van der Waals surface area contributed by atoms with Gasteiger partial charge in [-0.05, 0) is 11.5 Å². The van der Waals surface area contributed by atoms with E-state index in [-0.39, 0.29) is 48.7 Å². The van der Waals surface area contributed by atoms with Gasteiger partial charge < -0.3 is 10.2 Å². The molecule has 1 saturated heterocycles. The summed E-state index contributed by atoms with van der Waals surface area (Å²) in [4.78, 5) is 26.4. The molecular weight excluding hydrogens is 328 g/mol. The van der Waals surface area contributed by atoms with Crippen molar-refractivity contribution in [3.63, 3.8) is 0 Å². The lowest BCUT2D eigenvalue weighted by molar-refractivity contribution is -0.137. The molecule has 6 nitrogen and oxygen atoms in total. The maximum absolute atomic E-state index is 12.7. The van der Waals surface area contributed by atoms with Gasteiger partial charge in [-0.2, -0.15) is 0 Å². The fourth-order valence-electron chi connectivity index (χ4n) is 2.65. The predicted octanol–water partition coefficient (Wildman–Crippen LogP) is 0.627. The summed E-state index contributed by atoms with van der Waals surface area (Å²) in [6, 6.07) is 8.69. The number of carbonyl (C=O) groups excluding carboxylic acids is 2. The van der Waals surface area contributed by atoms with Crippen molar-refractivity contribution in [1.82, 2.24) is 10.2 Å². The van der Waals surface area contributed by atoms with E-state index in [1.165, 1.54) is 4.90 Å². The van der Waals surface area contributed by atoms with Gasteiger partial charge in [0.05, 0.1) is 17.9 Å². The Labute approximate surface area is 143 Å². The Bertz CT molecular complexity index is 672. The van der Waals surface area contributed by atoms with Gasteiger partial charge in [-0.15, -0.1) is 0 Å². The first-order valence-electron chi connectivity index (χ1n) is 8.11. The number of hydrogen-bond donors (Lipinski definition) is 1. The second-order valence-corrected chi connectivity index (χ2v) is 8.73. The van der Waals surface area contributed by atoms with Gasteiger partial charge in [0.15, 0.2) is 9.84 Å². The Balaban J connectivity index is 1.98. The molecule has 1 N–H and O–H groups in total. The Hall–Kier alpha value is -1.89. The molecule has 1 fully saturated rings. The summed E-state index contributed by atoms with van der Waals surface area (Å²) in [6.45, 7) is 4.12. The molecule has 1 aliphatic rings. The second-order valence-electron chi connectivity index (χ2n) is 6.43. The normalized spacial score (nSPS) is 18.2. The van der Waals surface area contributed by atoms with Crippen LogP contribution in [0.25, 0.3) is 0 Å². The lowest BCUT2D eigenvalue weighted by atomic mass is 10.0. The van der Waals surface area contributed by atoms with E-state index in [2.05, 4.69) is 5.32 Å². The van der Waals surface area contributed by atoms with Crippen molar-refractivity contribution >= 4 is 21.7 Å². The van der Waals surface area contributed by atoms with Crippen LogP contribution in [0, 0.1) is 5.92 Å². The van der Waals surface area contributed by atoms with E-state index in [4.69, 9.17) is 0 Å². The molecule has 2 amide bonds. The summed E-state index contributed by atoms with van der Waals surface area (Å²) in [7, 11) is -3.04. The number of nitrogens with zero attached hydrogens (tertiary/aromatic N) is 1. The third kappa shape index (κ3) is 5.06. The highest BCUT2D eigenvalue weighted by atomic mass is 32.2. The van der Waals surface area contributed by atoms with Crippen molar-refractivity contribution < 1.29 is 18.0 Å². The molecule has 1 heterocycles. The van der Waals surface area contributed by atoms with Crippen LogP contribution in [0.1, 0.15) is 19.4 Å². The van der Waals surface area contributed by atoms with Crippen LogP contribution in [0.5, 0.6) is 0 Å². The molecule has 1 unspecified atom stereocenters. The molecular formula is C17H24N2O4S. The second kappa shape index (κ2) is 7.79. The first-order valence-corrected chi connectivity index (χ1v) is 9.93. The molecule has 1 aliphatic heterocycles. The van der Waals surface area contributed by atoms with Gasteiger partial charge in [0.2, 0.25) is 11.8 Å². The quantitative estimate of drug-likeness (QED) is 0.842. The van der Waals surface area contributed by atoms with Crippen LogP contribution >= 0.6 is 0 Å². The minimum Gasteiger partial charge on any atom is -0.344 e. The minimum absolute atomic E-state index is 0.0124. The Kier molecular flexibility index (Phi) is 5.99. The maximum Gasteiger partial charge on any atom is 0.245 e. The van der Waals surface area contributed by atoms with Gasteiger partial charge in [0.25, 0.3) is 0 Å². The first kappa shape index (κ1) is 18.4. The Morgan fingerprint density at radius 3 is 2.25 bits per heavy atom. The monoisotopic (exact) mass is 352 g/mol. The average molecular weight is 352 g/mol. The summed E-state index contributed by atoms with van der Waals surface area (Å²) in [5.74, 6) is -0.516. The highest BCUT2D eigenvalue weighted by molar-refractivity contribution is 7.91. The first-order chi connectivity index (χ1) is 11.3. The number of hydrogen-bond acceptors (Lipinski definition) is 4. The van der Waals surface area contributed by atoms with Crippen molar-refractivity contribution in [1.29, 1.82) is 0 Å². The van der Waals surface area contributed by atoms with E-state index in [9.17, 15) is 18.0 Å². The summed E-state index contributed by atoms with van der Waals surface area (Å²) in [5.41, 5.74) is 0.883. The zero-order valence-electron chi connectivity index (χ0n) is 14.1. The predicted molar refractivity (Wildman–Crippen MR) is 92.1 cm³/mol. The van der Waals surface area contributed by atoms with E-state index in [0.717, 1.165) is 5.56 Å². The van der Waals surface area contributed by atoms with Gasteiger partial charge in [0.1, 0.15) is 6.04 Å². The molecule has 1 aromatic carbocycles. The van der Waals surface area contributed by atoms with E-state index in [1.807, 2.05) is 44.2 Å². The smallest absolute Gasteiger partial charge is 0.245 e. The summed E-state index contributed by atoms with van der Waals surface area (Å²) in [6.07, 6.45) is 0.214. The zero-order valence-corrected chi connectivity index (χ0v) is 14.9. The molecule has 132 valence electrons. The van der Waals surface area contributed by atoms with E-state index < -0.39 is 15.9 Å². The number of rotatable bonds is 5. The number of benzene rings is 1. The Morgan fingerprint density at radius 1 is 1.12 bits per heavy atom. The van der Waals surface area contributed by atoms with Gasteiger partial charge in [-0.25, -0.2) is 8.42 Å². The fraction of sp³-hybridized carbons (Fsp3) is 0.529. The molecule has 1 atom stereocenters. The molecule has 0 radical (unpaired) electrons. The van der Waals surface area contributed by atoms with Crippen LogP contribution in [-0.4, -0.2) is 55.8 Å². The van der Waals surface area contributed by atoms with Gasteiger partial charge in [-0.1, -0.05) is 44.2 Å². The fourth-order valence-corrected chi connectivity index (χ4v) is 3.85. The SMILES string of the molecule is CC(C)C(NC(=O)Cc1ccccc1)C(=O)N1CCS(=O)(=O)CC1. The van der Waals surface area contributed by atoms with Crippen LogP contribution < -0.4 is 5.32 Å². The molecule has 0 aromatic heterocycles. The van der Waals surface area contributed by atoms with Gasteiger partial charge >= 0.3 is 0 Å². The molecule has 0 bridgehead atoms. The van der Waals surface area contributed by atoms with Crippen LogP contribution in [0.15, 0.2) is 30.3 Å². The number of sulfone groups is 1. The standard InChI is InChI=1S/C17H24N2O4S/c1-13(2)16(17(21)19-8-10-24(22,23)11-9-19)18-15(20)12-14-6-4-3-5-7-14/h3-7,13,16H,8-12H2,1-2H3,(H,18,20). The topological polar surface area (TPSA) is 83.6 Å². The van der Waals surface area contributed by atoms with Crippen LogP contribution in [-0.2, 0) is 25.8 Å². The average Bonchev–Trinajstić information content (AvgIpc) is 2.52. The molecule has 1 aromatic rings. The highest BCUT2D eigenvalue weighted by Crippen LogP contribution is 2.11. The highest BCUT2D eigenvalue weighted by Gasteiger charge is 2.32. The lowest BCUT2D eigenvalue weighted by Gasteiger charge is -2.32. The van der Waals surface area contributed by atoms with E-state index in [1.54, 1.807) is 0 Å². The van der Waals surface area contributed by atoms with E-state index >= 15 is 0 Å². The zero-order chi connectivity index (χ0) is 17.7. The number of nitrogens with one attached hydrogen (secondary N) is 1. The summed E-state index contributed by atoms with van der Waals surface area (Å²) < 4.78 is 23.0. The summed E-state index contributed by atoms with van der Waals surface area (Å²) in [5, 5.41) is 2.80. The van der Waals surface area contributed by atoms with Crippen molar-refractivity contribution in [3.8, 4) is 0 Å². The molecule has 7 heteroatoms. The molecule has 24 heavy (non-hydrogen) atoms. The third-order valence-electron chi connectivity index (χ3n) is 4.11. The van der Waals surface area contributed by atoms with Crippen molar-refractivity contribution in [2.24, 2.45) is 5.92 Å². The number of amides is 2. The molecule has 2 rings (SSSR count). The molecule has 0 aliphatic carbocycles. The van der Waals surface area contributed by atoms with Gasteiger partial charge in [0, 0.05) is 13.1 Å². The van der Waals surface area contributed by atoms with Crippen LogP contribution in [0.3, 0.4) is 0 Å². The Morgan fingerprint density at radius 2 is 1.71 bits per heavy atom. The van der Waals surface area contributed by atoms with Crippen molar-refractivity contribution in [3.05, 3.63) is 35.9 Å².